The highest BCUT2D eigenvalue weighted by atomic mass is 32.3. The van der Waals surface area contributed by atoms with Crippen LogP contribution in [0.4, 0.5) is 0 Å². The normalized spacial score (nSPS) is 32.2. The molecule has 0 atom stereocenters. The van der Waals surface area contributed by atoms with Gasteiger partial charge in [-0.3, -0.25) is 0 Å². The first-order chi connectivity index (χ1) is 6.87. The Morgan fingerprint density at radius 2 is 1.56 bits per heavy atom. The Kier molecular flexibility index (Phi) is 3.03. The third kappa shape index (κ3) is 2.83. The zero-order chi connectivity index (χ0) is 12.8. The molecule has 5 nitrogen and oxygen atoms in total. The van der Waals surface area contributed by atoms with E-state index in [2.05, 4.69) is 0 Å². The monoisotopic (exact) mass is 267 g/mol. The maximum atomic E-state index is 11.9. The number of nitrogens with one attached hydrogen (secondary N) is 1. The van der Waals surface area contributed by atoms with Crippen molar-refractivity contribution < 1.29 is 16.8 Å². The average molecular weight is 267 g/mol. The molecule has 0 amide bonds. The second-order valence-electron chi connectivity index (χ2n) is 5.36. The van der Waals surface area contributed by atoms with E-state index in [4.69, 9.17) is 0 Å². The molecule has 0 unspecified atom stereocenters. The first-order valence-electron chi connectivity index (χ1n) is 4.84. The van der Waals surface area contributed by atoms with Gasteiger partial charge in [0.1, 0.15) is 0 Å². The van der Waals surface area contributed by atoms with Crippen molar-refractivity contribution in [2.45, 2.75) is 38.9 Å². The van der Waals surface area contributed by atoms with E-state index in [0.717, 1.165) is 5.41 Å². The molecule has 7 heteroatoms. The topological polar surface area (TPSA) is 80.3 Å². The minimum atomic E-state index is -3.91. The number of sulfonamides is 2. The van der Waals surface area contributed by atoms with Gasteiger partial charge in [0.05, 0.1) is 4.75 Å². The summed E-state index contributed by atoms with van der Waals surface area (Å²) in [5.74, 6) is 0. The van der Waals surface area contributed by atoms with Crippen LogP contribution >= 0.6 is 0 Å². The van der Waals surface area contributed by atoms with E-state index in [1.165, 1.54) is 19.9 Å². The molecule has 0 spiro atoms. The molecule has 16 heavy (non-hydrogen) atoms. The molecule has 94 valence electrons. The summed E-state index contributed by atoms with van der Waals surface area (Å²) in [6.07, 6.45) is 1.87. The first kappa shape index (κ1) is 13.7. The molecule has 0 aromatic carbocycles. The van der Waals surface area contributed by atoms with Crippen LogP contribution in [0.25, 0.3) is 0 Å². The second kappa shape index (κ2) is 3.54. The molecule has 0 aromatic rings. The van der Waals surface area contributed by atoms with Gasteiger partial charge >= 0.3 is 0 Å². The maximum absolute atomic E-state index is 11.9. The Hall–Kier alpha value is -0.400. The Labute approximate surface area is 97.0 Å². The highest BCUT2D eigenvalue weighted by molar-refractivity contribution is 8.06. The standard InChI is InChI=1S/C9H17NO4S2/c1-8(2)5-6-15(11,12)10-16(13,14)9(3,4)7-8/h5-6,10H,7H2,1-4H3/b6-5-. The van der Waals surface area contributed by atoms with E-state index >= 15 is 0 Å². The Bertz CT molecular complexity index is 512. The Morgan fingerprint density at radius 1 is 1.06 bits per heavy atom. The van der Waals surface area contributed by atoms with Gasteiger partial charge in [-0.1, -0.05) is 19.9 Å². The molecule has 0 fully saturated rings. The fourth-order valence-corrected chi connectivity index (χ4v) is 5.28. The van der Waals surface area contributed by atoms with Crippen molar-refractivity contribution in [3.63, 3.8) is 0 Å². The van der Waals surface area contributed by atoms with Crippen LogP contribution in [0.3, 0.4) is 0 Å². The molecular weight excluding hydrogens is 250 g/mol. The van der Waals surface area contributed by atoms with Gasteiger partial charge in [-0.25, -0.2) is 16.8 Å². The summed E-state index contributed by atoms with van der Waals surface area (Å²) < 4.78 is 47.2. The van der Waals surface area contributed by atoms with Crippen LogP contribution in [0.15, 0.2) is 11.5 Å². The molecule has 1 N–H and O–H groups in total. The van der Waals surface area contributed by atoms with Crippen LogP contribution in [0.1, 0.15) is 34.1 Å². The van der Waals surface area contributed by atoms with Crippen LogP contribution in [-0.2, 0) is 20.0 Å². The third-order valence-electron chi connectivity index (χ3n) is 2.53. The molecule has 0 saturated heterocycles. The lowest BCUT2D eigenvalue weighted by Gasteiger charge is -2.33. The molecule has 1 aliphatic rings. The molecule has 0 aliphatic carbocycles. The van der Waals surface area contributed by atoms with Crippen molar-refractivity contribution in [1.29, 1.82) is 0 Å². The fourth-order valence-electron chi connectivity index (χ4n) is 1.82. The number of hydrogen-bond donors (Lipinski definition) is 1. The molecule has 1 rings (SSSR count). The van der Waals surface area contributed by atoms with Crippen LogP contribution in [-0.4, -0.2) is 21.6 Å². The van der Waals surface area contributed by atoms with Crippen molar-refractivity contribution in [3.8, 4) is 0 Å². The van der Waals surface area contributed by atoms with Gasteiger partial charge in [-0.05, 0) is 25.7 Å². The molecule has 0 saturated carbocycles. The van der Waals surface area contributed by atoms with Crippen molar-refractivity contribution >= 4 is 20.0 Å². The van der Waals surface area contributed by atoms with Crippen LogP contribution in [0, 0.1) is 5.41 Å². The van der Waals surface area contributed by atoms with Gasteiger partial charge in [0.15, 0.2) is 0 Å². The van der Waals surface area contributed by atoms with Crippen molar-refractivity contribution in [3.05, 3.63) is 11.5 Å². The summed E-state index contributed by atoms with van der Waals surface area (Å²) in [5.41, 5.74) is -0.480. The fraction of sp³-hybridized carbons (Fsp3) is 0.778. The predicted molar refractivity (Wildman–Crippen MR) is 62.6 cm³/mol. The molecular formula is C9H17NO4S2. The Balaban J connectivity index is 3.42. The summed E-state index contributed by atoms with van der Waals surface area (Å²) in [6, 6.07) is 0. The summed E-state index contributed by atoms with van der Waals surface area (Å²) in [6.45, 7) is 6.65. The van der Waals surface area contributed by atoms with E-state index in [9.17, 15) is 16.8 Å². The van der Waals surface area contributed by atoms with Crippen LogP contribution in [0.5, 0.6) is 0 Å². The van der Waals surface area contributed by atoms with Gasteiger partial charge in [0.25, 0.3) is 0 Å². The van der Waals surface area contributed by atoms with Gasteiger partial charge in [-0.15, -0.1) is 4.13 Å². The smallest absolute Gasteiger partial charge is 0.211 e. The lowest BCUT2D eigenvalue weighted by Crippen LogP contribution is -2.47. The van der Waals surface area contributed by atoms with E-state index in [1.807, 2.05) is 13.8 Å². The van der Waals surface area contributed by atoms with E-state index in [1.54, 1.807) is 4.13 Å². The number of rotatable bonds is 0. The minimum absolute atomic E-state index is 0.349. The second-order valence-corrected chi connectivity index (χ2v) is 9.50. The van der Waals surface area contributed by atoms with E-state index < -0.39 is 30.2 Å². The van der Waals surface area contributed by atoms with Crippen LogP contribution in [0.2, 0.25) is 0 Å². The predicted octanol–water partition coefficient (Wildman–Crippen LogP) is 0.958. The van der Waals surface area contributed by atoms with E-state index in [-0.39, 0.29) is 0 Å². The molecule has 0 aromatic heterocycles. The molecule has 1 aliphatic heterocycles. The molecule has 0 radical (unpaired) electrons. The summed E-state index contributed by atoms with van der Waals surface area (Å²) in [4.78, 5) is 0. The molecule has 1 heterocycles. The van der Waals surface area contributed by atoms with Gasteiger partial charge < -0.3 is 0 Å². The summed E-state index contributed by atoms with van der Waals surface area (Å²) in [5, 5.41) is 0.916. The van der Waals surface area contributed by atoms with Gasteiger partial charge in [0.2, 0.25) is 20.0 Å². The SMILES string of the molecule is CC1(C)/C=C\S(=O)(=O)NS(=O)(=O)C(C)(C)C1. The van der Waals surface area contributed by atoms with Crippen molar-refractivity contribution in [2.75, 3.05) is 0 Å². The zero-order valence-corrected chi connectivity index (χ0v) is 11.4. The maximum Gasteiger partial charge on any atom is 0.246 e. The lowest BCUT2D eigenvalue weighted by molar-refractivity contribution is 0.372. The van der Waals surface area contributed by atoms with Crippen molar-refractivity contribution in [1.82, 2.24) is 4.13 Å². The zero-order valence-electron chi connectivity index (χ0n) is 9.81. The summed E-state index contributed by atoms with van der Waals surface area (Å²) >= 11 is 0. The van der Waals surface area contributed by atoms with E-state index in [0.29, 0.717) is 6.42 Å². The highest BCUT2D eigenvalue weighted by Crippen LogP contribution is 2.35. The van der Waals surface area contributed by atoms with Gasteiger partial charge in [0, 0.05) is 5.41 Å². The summed E-state index contributed by atoms with van der Waals surface area (Å²) in [7, 11) is -7.80. The average Bonchev–Trinajstić information content (AvgIpc) is 1.96. The van der Waals surface area contributed by atoms with Crippen LogP contribution < -0.4 is 4.13 Å². The number of allylic oxidation sites excluding steroid dienone is 1. The minimum Gasteiger partial charge on any atom is -0.211 e. The first-order valence-corrected chi connectivity index (χ1v) is 7.87. The molecule has 0 bridgehead atoms. The highest BCUT2D eigenvalue weighted by Gasteiger charge is 2.42. The number of hydrogen-bond acceptors (Lipinski definition) is 4. The third-order valence-corrected chi connectivity index (χ3v) is 6.43. The van der Waals surface area contributed by atoms with Gasteiger partial charge in [-0.2, -0.15) is 0 Å². The Morgan fingerprint density at radius 3 is 2.06 bits per heavy atom. The largest absolute Gasteiger partial charge is 0.246 e. The quantitative estimate of drug-likeness (QED) is 0.709. The van der Waals surface area contributed by atoms with Crippen molar-refractivity contribution in [2.24, 2.45) is 5.41 Å². The lowest BCUT2D eigenvalue weighted by atomic mass is 9.84.